The summed E-state index contributed by atoms with van der Waals surface area (Å²) >= 11 is 0. The van der Waals surface area contributed by atoms with E-state index in [9.17, 15) is 9.59 Å². The fourth-order valence-electron chi connectivity index (χ4n) is 2.56. The molecule has 0 aliphatic carbocycles. The number of urea groups is 1. The molecule has 124 valence electrons. The van der Waals surface area contributed by atoms with Gasteiger partial charge >= 0.3 is 12.0 Å². The number of carbonyl (C=O) groups excluding carboxylic acids is 2. The Labute approximate surface area is 135 Å². The topological polar surface area (TPSA) is 83.2 Å². The minimum Gasteiger partial charge on any atom is -0.467 e. The van der Waals surface area contributed by atoms with Gasteiger partial charge in [0.1, 0.15) is 6.04 Å². The Bertz CT molecular complexity index is 721. The van der Waals surface area contributed by atoms with Gasteiger partial charge in [-0.3, -0.25) is 0 Å². The third-order valence-electron chi connectivity index (χ3n) is 3.94. The van der Waals surface area contributed by atoms with E-state index < -0.39 is 18.0 Å². The summed E-state index contributed by atoms with van der Waals surface area (Å²) in [6.07, 6.45) is 0.960. The number of aromatic nitrogens is 1. The molecule has 0 saturated carbocycles. The van der Waals surface area contributed by atoms with Crippen molar-refractivity contribution in [2.24, 2.45) is 0 Å². The van der Waals surface area contributed by atoms with Crippen LogP contribution >= 0.6 is 0 Å². The minimum atomic E-state index is -0.679. The highest BCUT2D eigenvalue weighted by molar-refractivity contribution is 5.85. The van der Waals surface area contributed by atoms with Crippen LogP contribution < -0.4 is 10.6 Å². The first-order chi connectivity index (χ1) is 11.0. The standard InChI is InChI=1S/C17H23N3O3/c1-5-14-10(2)13-8-12(6-7-15(13)20-14)9-18-17(22)19-11(3)16(21)23-4/h6-8,11,20H,5,9H2,1-4H3,(H2,18,19,22)/t11-/m0/s1. The molecule has 2 amide bonds. The minimum absolute atomic E-state index is 0.391. The second-order valence-electron chi connectivity index (χ2n) is 5.53. The van der Waals surface area contributed by atoms with Crippen molar-refractivity contribution in [1.82, 2.24) is 15.6 Å². The Morgan fingerprint density at radius 2 is 2.09 bits per heavy atom. The van der Waals surface area contributed by atoms with Gasteiger partial charge in [0.25, 0.3) is 0 Å². The molecule has 0 unspecified atom stereocenters. The van der Waals surface area contributed by atoms with E-state index in [1.165, 1.54) is 23.8 Å². The van der Waals surface area contributed by atoms with Crippen LogP contribution in [0.1, 0.15) is 30.7 Å². The molecule has 0 spiro atoms. The summed E-state index contributed by atoms with van der Waals surface area (Å²) in [6, 6.07) is 4.99. The Morgan fingerprint density at radius 1 is 1.35 bits per heavy atom. The zero-order chi connectivity index (χ0) is 17.0. The molecule has 0 aliphatic heterocycles. The molecule has 6 nitrogen and oxygen atoms in total. The van der Waals surface area contributed by atoms with E-state index >= 15 is 0 Å². The van der Waals surface area contributed by atoms with Crippen LogP contribution in [0, 0.1) is 6.92 Å². The van der Waals surface area contributed by atoms with Crippen LogP contribution in [0.5, 0.6) is 0 Å². The number of rotatable bonds is 5. The molecule has 1 heterocycles. The molecular weight excluding hydrogens is 294 g/mol. The SMILES string of the molecule is CCc1[nH]c2ccc(CNC(=O)N[C@@H](C)C(=O)OC)cc2c1C. The highest BCUT2D eigenvalue weighted by atomic mass is 16.5. The van der Waals surface area contributed by atoms with Gasteiger partial charge in [-0.15, -0.1) is 0 Å². The van der Waals surface area contributed by atoms with Crippen molar-refractivity contribution >= 4 is 22.9 Å². The van der Waals surface area contributed by atoms with Crippen LogP contribution in [-0.2, 0) is 22.5 Å². The third kappa shape index (κ3) is 3.83. The first-order valence-corrected chi connectivity index (χ1v) is 7.68. The van der Waals surface area contributed by atoms with Gasteiger partial charge < -0.3 is 20.4 Å². The van der Waals surface area contributed by atoms with Crippen molar-refractivity contribution in [2.75, 3.05) is 7.11 Å². The van der Waals surface area contributed by atoms with Crippen LogP contribution in [0.25, 0.3) is 10.9 Å². The van der Waals surface area contributed by atoms with E-state index in [0.29, 0.717) is 6.54 Å². The summed E-state index contributed by atoms with van der Waals surface area (Å²) in [7, 11) is 1.29. The Hall–Kier alpha value is -2.50. The average molecular weight is 317 g/mol. The van der Waals surface area contributed by atoms with Gasteiger partial charge in [0.2, 0.25) is 0 Å². The van der Waals surface area contributed by atoms with Gasteiger partial charge in [0, 0.05) is 23.1 Å². The summed E-state index contributed by atoms with van der Waals surface area (Å²) in [5.74, 6) is -0.475. The lowest BCUT2D eigenvalue weighted by atomic mass is 10.1. The Balaban J connectivity index is 2.00. The molecule has 1 atom stereocenters. The van der Waals surface area contributed by atoms with Gasteiger partial charge in [-0.1, -0.05) is 13.0 Å². The number of ether oxygens (including phenoxy) is 1. The fourth-order valence-corrected chi connectivity index (χ4v) is 2.56. The number of esters is 1. The van der Waals surface area contributed by atoms with Crippen LogP contribution in [-0.4, -0.2) is 30.1 Å². The van der Waals surface area contributed by atoms with Crippen molar-refractivity contribution in [3.63, 3.8) is 0 Å². The van der Waals surface area contributed by atoms with E-state index in [1.54, 1.807) is 6.92 Å². The number of methoxy groups -OCH3 is 1. The summed E-state index contributed by atoms with van der Waals surface area (Å²) in [4.78, 5) is 26.5. The molecule has 0 radical (unpaired) electrons. The highest BCUT2D eigenvalue weighted by Gasteiger charge is 2.15. The van der Waals surface area contributed by atoms with Crippen LogP contribution in [0.2, 0.25) is 0 Å². The molecule has 0 bridgehead atoms. The molecule has 0 fully saturated rings. The number of carbonyl (C=O) groups is 2. The van der Waals surface area contributed by atoms with E-state index in [2.05, 4.69) is 40.3 Å². The lowest BCUT2D eigenvalue weighted by Gasteiger charge is -2.12. The molecule has 6 heteroatoms. The number of H-pyrrole nitrogens is 1. The molecule has 1 aromatic heterocycles. The zero-order valence-corrected chi connectivity index (χ0v) is 13.9. The third-order valence-corrected chi connectivity index (χ3v) is 3.94. The first-order valence-electron chi connectivity index (χ1n) is 7.68. The molecule has 23 heavy (non-hydrogen) atoms. The number of nitrogens with one attached hydrogen (secondary N) is 3. The lowest BCUT2D eigenvalue weighted by molar-refractivity contribution is -0.142. The molecule has 0 aliphatic rings. The monoisotopic (exact) mass is 317 g/mol. The maximum Gasteiger partial charge on any atom is 0.328 e. The highest BCUT2D eigenvalue weighted by Crippen LogP contribution is 2.23. The number of hydrogen-bond acceptors (Lipinski definition) is 3. The van der Waals surface area contributed by atoms with Crippen LogP contribution in [0.3, 0.4) is 0 Å². The van der Waals surface area contributed by atoms with E-state index in [0.717, 1.165) is 17.5 Å². The quantitative estimate of drug-likeness (QED) is 0.741. The van der Waals surface area contributed by atoms with Crippen molar-refractivity contribution in [2.45, 2.75) is 39.8 Å². The van der Waals surface area contributed by atoms with Crippen molar-refractivity contribution in [3.05, 3.63) is 35.0 Å². The van der Waals surface area contributed by atoms with Gasteiger partial charge in [0.15, 0.2) is 0 Å². The van der Waals surface area contributed by atoms with Crippen molar-refractivity contribution in [3.8, 4) is 0 Å². The number of benzene rings is 1. The predicted octanol–water partition coefficient (Wildman–Crippen LogP) is 2.40. The van der Waals surface area contributed by atoms with E-state index in [1.807, 2.05) is 12.1 Å². The molecule has 1 aromatic carbocycles. The lowest BCUT2D eigenvalue weighted by Crippen LogP contribution is -2.44. The van der Waals surface area contributed by atoms with Crippen LogP contribution in [0.15, 0.2) is 18.2 Å². The fraction of sp³-hybridized carbons (Fsp3) is 0.412. The maximum atomic E-state index is 11.8. The van der Waals surface area contributed by atoms with Gasteiger partial charge in [-0.25, -0.2) is 9.59 Å². The van der Waals surface area contributed by atoms with Crippen molar-refractivity contribution in [1.29, 1.82) is 0 Å². The Kier molecular flexibility index (Phi) is 5.26. The predicted molar refractivity (Wildman–Crippen MR) is 89.3 cm³/mol. The van der Waals surface area contributed by atoms with Gasteiger partial charge in [-0.05, 0) is 43.5 Å². The summed E-state index contributed by atoms with van der Waals surface area (Å²) in [6.45, 7) is 6.18. The number of aryl methyl sites for hydroxylation is 2. The Morgan fingerprint density at radius 3 is 2.74 bits per heavy atom. The van der Waals surface area contributed by atoms with E-state index in [4.69, 9.17) is 0 Å². The average Bonchev–Trinajstić information content (AvgIpc) is 2.87. The zero-order valence-electron chi connectivity index (χ0n) is 13.9. The molecule has 2 aromatic rings. The van der Waals surface area contributed by atoms with Gasteiger partial charge in [-0.2, -0.15) is 0 Å². The molecule has 2 rings (SSSR count). The summed E-state index contributed by atoms with van der Waals surface area (Å²) in [5, 5.41) is 6.45. The smallest absolute Gasteiger partial charge is 0.328 e. The second-order valence-corrected chi connectivity index (χ2v) is 5.53. The molecule has 0 saturated heterocycles. The normalized spacial score (nSPS) is 12.0. The number of amides is 2. The van der Waals surface area contributed by atoms with Crippen LogP contribution in [0.4, 0.5) is 4.79 Å². The molecular formula is C17H23N3O3. The molecule has 3 N–H and O–H groups in total. The summed E-state index contributed by atoms with van der Waals surface area (Å²) < 4.78 is 4.57. The number of hydrogen-bond donors (Lipinski definition) is 3. The van der Waals surface area contributed by atoms with Crippen molar-refractivity contribution < 1.29 is 14.3 Å². The maximum absolute atomic E-state index is 11.8. The second kappa shape index (κ2) is 7.17. The number of fused-ring (bicyclic) bond motifs is 1. The largest absolute Gasteiger partial charge is 0.467 e. The number of aromatic amines is 1. The van der Waals surface area contributed by atoms with E-state index in [-0.39, 0.29) is 0 Å². The first kappa shape index (κ1) is 16.9. The summed E-state index contributed by atoms with van der Waals surface area (Å²) in [5.41, 5.74) is 4.58. The van der Waals surface area contributed by atoms with Gasteiger partial charge in [0.05, 0.1) is 7.11 Å².